The van der Waals surface area contributed by atoms with Crippen molar-refractivity contribution >= 4 is 29.5 Å². The summed E-state index contributed by atoms with van der Waals surface area (Å²) in [4.78, 5) is 74.2. The van der Waals surface area contributed by atoms with Crippen molar-refractivity contribution < 1.29 is 29.1 Å². The zero-order valence-electron chi connectivity index (χ0n) is 32.6. The van der Waals surface area contributed by atoms with E-state index in [1.54, 1.807) is 21.0 Å². The second kappa shape index (κ2) is 22.1. The van der Waals surface area contributed by atoms with Crippen LogP contribution in [0.1, 0.15) is 100 Å². The number of aliphatic hydroxyl groups excluding tert-OH is 1. The number of aliphatic hydroxyl groups is 1. The molecule has 5 amide bonds. The van der Waals surface area contributed by atoms with Crippen LogP contribution in [0.2, 0.25) is 0 Å². The van der Waals surface area contributed by atoms with Crippen molar-refractivity contribution in [2.24, 2.45) is 23.7 Å². The molecule has 0 saturated heterocycles. The fraction of sp³-hybridized carbons (Fsp3) is 0.861. The lowest BCUT2D eigenvalue weighted by Crippen LogP contribution is -2.63. The maximum absolute atomic E-state index is 14.4. The van der Waals surface area contributed by atoms with E-state index in [0.29, 0.717) is 38.0 Å². The van der Waals surface area contributed by atoms with Crippen LogP contribution in [0.5, 0.6) is 0 Å². The summed E-state index contributed by atoms with van der Waals surface area (Å²) in [6.45, 7) is 16.2. The Morgan fingerprint density at radius 3 is 1.73 bits per heavy atom. The van der Waals surface area contributed by atoms with Crippen molar-refractivity contribution in [3.05, 3.63) is 0 Å². The summed E-state index contributed by atoms with van der Waals surface area (Å²) in [5.74, 6) is -2.24. The van der Waals surface area contributed by atoms with Gasteiger partial charge in [-0.1, -0.05) is 61.8 Å². The summed E-state index contributed by atoms with van der Waals surface area (Å²) in [7, 11) is 10.2. The van der Waals surface area contributed by atoms with Gasteiger partial charge in [0.25, 0.3) is 0 Å². The van der Waals surface area contributed by atoms with Gasteiger partial charge in [-0.25, -0.2) is 0 Å². The van der Waals surface area contributed by atoms with E-state index in [0.717, 1.165) is 19.4 Å². The third-order valence-corrected chi connectivity index (χ3v) is 9.17. The standard InChI is InChI=1S/C36H70N6O6/c1-15-27(33(45)37-9)38-34(46)31(32(44)26(8)18-16-17-21-39(10)11)42(14)36(48)30(25(6)7)41(13)35(47)28(22-24(4)5)40(12)29(43)20-19-23(2)3/h23-28,30-32,44H,15-22H2,1-14H3,(H,37,45)(H,38,46)/t26-,27+,28+,30+,31+,32+/m1/s1. The number of hydrogen-bond donors (Lipinski definition) is 3. The van der Waals surface area contributed by atoms with E-state index < -0.39 is 42.1 Å². The molecule has 0 aromatic rings. The van der Waals surface area contributed by atoms with Crippen molar-refractivity contribution in [1.82, 2.24) is 30.2 Å². The zero-order valence-corrected chi connectivity index (χ0v) is 32.6. The summed E-state index contributed by atoms with van der Waals surface area (Å²) in [6.07, 6.45) is 2.92. The zero-order chi connectivity index (χ0) is 37.5. The van der Waals surface area contributed by atoms with Gasteiger partial charge in [0.05, 0.1) is 6.10 Å². The molecule has 0 fully saturated rings. The Labute approximate surface area is 291 Å². The molecular weight excluding hydrogens is 612 g/mol. The normalized spacial score (nSPS) is 15.5. The van der Waals surface area contributed by atoms with Gasteiger partial charge < -0.3 is 35.3 Å². The van der Waals surface area contributed by atoms with Crippen LogP contribution in [-0.4, -0.2) is 133 Å². The number of nitrogens with zero attached hydrogens (tertiary/aromatic N) is 4. The third kappa shape index (κ3) is 14.4. The first kappa shape index (κ1) is 45.3. The minimum absolute atomic E-state index is 0.109. The van der Waals surface area contributed by atoms with Crippen molar-refractivity contribution in [1.29, 1.82) is 0 Å². The number of nitrogens with one attached hydrogen (secondary N) is 2. The van der Waals surface area contributed by atoms with Gasteiger partial charge >= 0.3 is 0 Å². The van der Waals surface area contributed by atoms with Crippen molar-refractivity contribution in [2.75, 3.05) is 48.8 Å². The molecule has 0 rings (SSSR count). The van der Waals surface area contributed by atoms with Crippen LogP contribution >= 0.6 is 0 Å². The number of rotatable bonds is 22. The van der Waals surface area contributed by atoms with Crippen LogP contribution in [0.3, 0.4) is 0 Å². The van der Waals surface area contributed by atoms with E-state index in [1.165, 1.54) is 28.8 Å². The average Bonchev–Trinajstić information content (AvgIpc) is 3.01. The monoisotopic (exact) mass is 683 g/mol. The number of amides is 5. The molecule has 6 atom stereocenters. The van der Waals surface area contributed by atoms with Crippen LogP contribution < -0.4 is 10.6 Å². The Kier molecular flexibility index (Phi) is 20.8. The molecule has 0 aliphatic rings. The van der Waals surface area contributed by atoms with Gasteiger partial charge in [0.2, 0.25) is 29.5 Å². The van der Waals surface area contributed by atoms with Crippen molar-refractivity contribution in [2.45, 2.75) is 131 Å². The molecule has 12 nitrogen and oxygen atoms in total. The average molecular weight is 683 g/mol. The van der Waals surface area contributed by atoms with Crippen LogP contribution in [0.15, 0.2) is 0 Å². The molecule has 0 unspecified atom stereocenters. The second-order valence-corrected chi connectivity index (χ2v) is 15.0. The predicted octanol–water partition coefficient (Wildman–Crippen LogP) is 2.98. The van der Waals surface area contributed by atoms with Gasteiger partial charge in [-0.05, 0) is 76.4 Å². The first-order valence-corrected chi connectivity index (χ1v) is 17.9. The van der Waals surface area contributed by atoms with Gasteiger partial charge in [0.1, 0.15) is 24.2 Å². The van der Waals surface area contributed by atoms with E-state index in [4.69, 9.17) is 0 Å². The highest BCUT2D eigenvalue weighted by molar-refractivity contribution is 5.95. The lowest BCUT2D eigenvalue weighted by Gasteiger charge is -2.41. The van der Waals surface area contributed by atoms with E-state index in [1.807, 2.05) is 62.6 Å². The molecule has 280 valence electrons. The molecule has 0 aliphatic carbocycles. The first-order chi connectivity index (χ1) is 22.2. The van der Waals surface area contributed by atoms with Crippen LogP contribution in [-0.2, 0) is 24.0 Å². The maximum Gasteiger partial charge on any atom is 0.246 e. The molecule has 0 aliphatic heterocycles. The number of carbonyl (C=O) groups excluding carboxylic acids is 5. The largest absolute Gasteiger partial charge is 0.390 e. The molecule has 0 spiro atoms. The van der Waals surface area contributed by atoms with Crippen molar-refractivity contribution in [3.63, 3.8) is 0 Å². The summed E-state index contributed by atoms with van der Waals surface area (Å²) in [5, 5.41) is 16.9. The van der Waals surface area contributed by atoms with Crippen LogP contribution in [0.25, 0.3) is 0 Å². The summed E-state index contributed by atoms with van der Waals surface area (Å²) in [6, 6.07) is -3.90. The molecule has 0 aromatic carbocycles. The Morgan fingerprint density at radius 1 is 0.708 bits per heavy atom. The number of carbonyl (C=O) groups is 5. The molecule has 48 heavy (non-hydrogen) atoms. The first-order valence-electron chi connectivity index (χ1n) is 17.9. The molecule has 0 heterocycles. The topological polar surface area (TPSA) is 143 Å². The second-order valence-electron chi connectivity index (χ2n) is 15.0. The van der Waals surface area contributed by atoms with Gasteiger partial charge in [0, 0.05) is 34.6 Å². The lowest BCUT2D eigenvalue weighted by molar-refractivity contribution is -0.156. The smallest absolute Gasteiger partial charge is 0.246 e. The van der Waals surface area contributed by atoms with Gasteiger partial charge in [-0.2, -0.15) is 0 Å². The van der Waals surface area contributed by atoms with Crippen LogP contribution in [0.4, 0.5) is 0 Å². The summed E-state index contributed by atoms with van der Waals surface area (Å²) in [5.41, 5.74) is 0. The Hall–Kier alpha value is -2.73. The number of likely N-dealkylation sites (N-methyl/N-ethyl adjacent to an activating group) is 4. The summed E-state index contributed by atoms with van der Waals surface area (Å²) >= 11 is 0. The van der Waals surface area contributed by atoms with E-state index >= 15 is 0 Å². The Balaban J connectivity index is 6.55. The molecule has 0 saturated carbocycles. The number of unbranched alkanes of at least 4 members (excludes halogenated alkanes) is 1. The highest BCUT2D eigenvalue weighted by Crippen LogP contribution is 2.24. The predicted molar refractivity (Wildman–Crippen MR) is 192 cm³/mol. The summed E-state index contributed by atoms with van der Waals surface area (Å²) < 4.78 is 0. The molecule has 3 N–H and O–H groups in total. The molecule has 0 bridgehead atoms. The lowest BCUT2D eigenvalue weighted by atomic mass is 9.90. The molecule has 0 aromatic heterocycles. The minimum Gasteiger partial charge on any atom is -0.390 e. The van der Waals surface area contributed by atoms with E-state index in [9.17, 15) is 29.1 Å². The quantitative estimate of drug-likeness (QED) is 0.149. The van der Waals surface area contributed by atoms with Gasteiger partial charge in [-0.15, -0.1) is 0 Å². The maximum atomic E-state index is 14.4. The highest BCUT2D eigenvalue weighted by atomic mass is 16.3. The van der Waals surface area contributed by atoms with Gasteiger partial charge in [0.15, 0.2) is 0 Å². The molecule has 12 heteroatoms. The molecule has 0 radical (unpaired) electrons. The van der Waals surface area contributed by atoms with Crippen LogP contribution in [0, 0.1) is 23.7 Å². The van der Waals surface area contributed by atoms with E-state index in [2.05, 4.69) is 15.5 Å². The fourth-order valence-corrected chi connectivity index (χ4v) is 5.97. The third-order valence-electron chi connectivity index (χ3n) is 9.17. The number of hydrogen-bond acceptors (Lipinski definition) is 7. The SMILES string of the molecule is CC[C@H](NC(=O)[C@H]([C@@H](O)[C@H](C)CCCCN(C)C)N(C)C(=O)[C@H](C(C)C)N(C)C(=O)[C@H](CC(C)C)N(C)C(=O)CCC(C)C)C(=O)NC. The molecular formula is C36H70N6O6. The van der Waals surface area contributed by atoms with E-state index in [-0.39, 0.29) is 35.5 Å². The van der Waals surface area contributed by atoms with Gasteiger partial charge in [-0.3, -0.25) is 24.0 Å². The Morgan fingerprint density at radius 2 is 1.27 bits per heavy atom. The highest BCUT2D eigenvalue weighted by Gasteiger charge is 2.43. The fourth-order valence-electron chi connectivity index (χ4n) is 5.97. The minimum atomic E-state index is -1.31. The Bertz CT molecular complexity index is 1020. The van der Waals surface area contributed by atoms with Crippen molar-refractivity contribution in [3.8, 4) is 0 Å².